The van der Waals surface area contributed by atoms with Gasteiger partial charge in [0.25, 0.3) is 0 Å². The number of fused-ring (bicyclic) bond motifs is 1. The first-order valence-electron chi connectivity index (χ1n) is 7.85. The molecule has 3 rings (SSSR count). The third kappa shape index (κ3) is 3.30. The van der Waals surface area contributed by atoms with E-state index in [1.807, 2.05) is 12.1 Å². The van der Waals surface area contributed by atoms with Gasteiger partial charge in [0.15, 0.2) is 0 Å². The third-order valence-electron chi connectivity index (χ3n) is 4.19. The van der Waals surface area contributed by atoms with E-state index in [-0.39, 0.29) is 5.82 Å². The summed E-state index contributed by atoms with van der Waals surface area (Å²) in [5, 5.41) is 3.62. The average molecular weight is 299 g/mol. The summed E-state index contributed by atoms with van der Waals surface area (Å²) in [5.41, 5.74) is 4.90. The first-order valence-corrected chi connectivity index (χ1v) is 7.85. The summed E-state index contributed by atoms with van der Waals surface area (Å²) >= 11 is 0. The monoisotopic (exact) mass is 299 g/mol. The van der Waals surface area contributed by atoms with Crippen LogP contribution >= 0.6 is 0 Å². The van der Waals surface area contributed by atoms with E-state index in [9.17, 15) is 4.39 Å². The van der Waals surface area contributed by atoms with Gasteiger partial charge in [0.1, 0.15) is 11.6 Å². The van der Waals surface area contributed by atoms with Crippen LogP contribution in [0, 0.1) is 19.7 Å². The van der Waals surface area contributed by atoms with Crippen LogP contribution in [0.3, 0.4) is 0 Å². The fourth-order valence-corrected chi connectivity index (χ4v) is 3.13. The Kier molecular flexibility index (Phi) is 4.44. The van der Waals surface area contributed by atoms with Gasteiger partial charge in [-0.1, -0.05) is 29.8 Å². The van der Waals surface area contributed by atoms with Gasteiger partial charge in [0.2, 0.25) is 0 Å². The lowest BCUT2D eigenvalue weighted by molar-refractivity contribution is 0.251. The van der Waals surface area contributed by atoms with Crippen molar-refractivity contribution in [2.75, 3.05) is 13.2 Å². The van der Waals surface area contributed by atoms with Gasteiger partial charge in [-0.25, -0.2) is 4.39 Å². The Morgan fingerprint density at radius 2 is 1.95 bits per heavy atom. The molecule has 1 N–H and O–H groups in total. The van der Waals surface area contributed by atoms with Gasteiger partial charge in [-0.05, 0) is 50.1 Å². The van der Waals surface area contributed by atoms with Gasteiger partial charge in [0.05, 0.1) is 6.61 Å². The Morgan fingerprint density at radius 1 is 1.18 bits per heavy atom. The van der Waals surface area contributed by atoms with Crippen LogP contribution in [0.5, 0.6) is 5.75 Å². The van der Waals surface area contributed by atoms with Gasteiger partial charge >= 0.3 is 0 Å². The molecule has 2 aromatic rings. The van der Waals surface area contributed by atoms with E-state index in [2.05, 4.69) is 31.3 Å². The van der Waals surface area contributed by atoms with E-state index in [0.717, 1.165) is 37.3 Å². The van der Waals surface area contributed by atoms with Crippen molar-refractivity contribution in [2.24, 2.45) is 0 Å². The Balaban J connectivity index is 1.66. The number of aryl methyl sites for hydroxylation is 2. The van der Waals surface area contributed by atoms with Gasteiger partial charge in [-0.2, -0.15) is 0 Å². The zero-order chi connectivity index (χ0) is 15.5. The highest BCUT2D eigenvalue weighted by Crippen LogP contribution is 2.35. The summed E-state index contributed by atoms with van der Waals surface area (Å²) in [6, 6.07) is 11.5. The lowest BCUT2D eigenvalue weighted by Crippen LogP contribution is -2.29. The molecule has 3 heteroatoms. The zero-order valence-corrected chi connectivity index (χ0v) is 13.2. The lowest BCUT2D eigenvalue weighted by atomic mass is 9.95. The molecule has 0 amide bonds. The Hall–Kier alpha value is -1.87. The van der Waals surface area contributed by atoms with E-state index in [0.29, 0.717) is 6.04 Å². The molecule has 0 aliphatic carbocycles. The quantitative estimate of drug-likeness (QED) is 0.918. The second-order valence-corrected chi connectivity index (χ2v) is 6.02. The Labute approximate surface area is 131 Å². The number of benzene rings is 2. The minimum absolute atomic E-state index is 0.180. The molecule has 1 aliphatic rings. The van der Waals surface area contributed by atoms with Crippen molar-refractivity contribution in [3.05, 3.63) is 64.5 Å². The SMILES string of the molecule is Cc1cc(C)c2c(c1)C(NCCc1ccc(F)cc1)CCO2. The molecule has 0 aromatic heterocycles. The second-order valence-electron chi connectivity index (χ2n) is 6.02. The van der Waals surface area contributed by atoms with Crippen molar-refractivity contribution < 1.29 is 9.13 Å². The number of hydrogen-bond donors (Lipinski definition) is 1. The van der Waals surface area contributed by atoms with Crippen molar-refractivity contribution in [2.45, 2.75) is 32.7 Å². The zero-order valence-electron chi connectivity index (χ0n) is 13.2. The van der Waals surface area contributed by atoms with Crippen LogP contribution in [0.15, 0.2) is 36.4 Å². The van der Waals surface area contributed by atoms with E-state index in [1.165, 1.54) is 28.8 Å². The van der Waals surface area contributed by atoms with E-state index < -0.39 is 0 Å². The minimum Gasteiger partial charge on any atom is -0.493 e. The largest absolute Gasteiger partial charge is 0.493 e. The van der Waals surface area contributed by atoms with Crippen molar-refractivity contribution in [3.8, 4) is 5.75 Å². The lowest BCUT2D eigenvalue weighted by Gasteiger charge is -2.28. The predicted octanol–water partition coefficient (Wildman–Crippen LogP) is 4.10. The third-order valence-corrected chi connectivity index (χ3v) is 4.19. The second kappa shape index (κ2) is 6.49. The molecule has 1 atom stereocenters. The van der Waals surface area contributed by atoms with Gasteiger partial charge in [-0.3, -0.25) is 0 Å². The maximum Gasteiger partial charge on any atom is 0.126 e. The molecular weight excluding hydrogens is 277 g/mol. The fourth-order valence-electron chi connectivity index (χ4n) is 3.13. The summed E-state index contributed by atoms with van der Waals surface area (Å²) in [5.74, 6) is 0.858. The van der Waals surface area contributed by atoms with E-state index in [4.69, 9.17) is 4.74 Å². The van der Waals surface area contributed by atoms with Gasteiger partial charge in [0, 0.05) is 18.0 Å². The maximum atomic E-state index is 12.9. The molecule has 2 nitrogen and oxygen atoms in total. The number of ether oxygens (including phenoxy) is 1. The molecule has 22 heavy (non-hydrogen) atoms. The van der Waals surface area contributed by atoms with Gasteiger partial charge < -0.3 is 10.1 Å². The van der Waals surface area contributed by atoms with Crippen molar-refractivity contribution in [1.29, 1.82) is 0 Å². The highest BCUT2D eigenvalue weighted by Gasteiger charge is 2.22. The van der Waals surface area contributed by atoms with Crippen molar-refractivity contribution >= 4 is 0 Å². The molecule has 1 heterocycles. The molecule has 116 valence electrons. The summed E-state index contributed by atoms with van der Waals surface area (Å²) in [6.07, 6.45) is 1.89. The highest BCUT2D eigenvalue weighted by atomic mass is 19.1. The van der Waals surface area contributed by atoms with E-state index >= 15 is 0 Å². The summed E-state index contributed by atoms with van der Waals surface area (Å²) in [6.45, 7) is 5.86. The topological polar surface area (TPSA) is 21.3 Å². The van der Waals surface area contributed by atoms with Crippen LogP contribution in [0.25, 0.3) is 0 Å². The standard InChI is InChI=1S/C19H22FNO/c1-13-11-14(2)19-17(12-13)18(8-10-22-19)21-9-7-15-3-5-16(20)6-4-15/h3-6,11-12,18,21H,7-10H2,1-2H3. The number of halogens is 1. The molecule has 0 saturated carbocycles. The predicted molar refractivity (Wildman–Crippen MR) is 86.9 cm³/mol. The first kappa shape index (κ1) is 15.0. The maximum absolute atomic E-state index is 12.9. The van der Waals surface area contributed by atoms with E-state index in [1.54, 1.807) is 0 Å². The minimum atomic E-state index is -0.180. The summed E-state index contributed by atoms with van der Waals surface area (Å²) in [4.78, 5) is 0. The molecule has 1 unspecified atom stereocenters. The number of hydrogen-bond acceptors (Lipinski definition) is 2. The van der Waals surface area contributed by atoms with Gasteiger partial charge in [-0.15, -0.1) is 0 Å². The molecular formula is C19H22FNO. The van der Waals surface area contributed by atoms with Crippen LogP contribution < -0.4 is 10.1 Å². The molecule has 0 saturated heterocycles. The average Bonchev–Trinajstić information content (AvgIpc) is 2.50. The Morgan fingerprint density at radius 3 is 2.73 bits per heavy atom. The molecule has 2 aromatic carbocycles. The number of rotatable bonds is 4. The molecule has 0 bridgehead atoms. The highest BCUT2D eigenvalue weighted by molar-refractivity contribution is 5.46. The van der Waals surface area contributed by atoms with Crippen LogP contribution in [0.4, 0.5) is 4.39 Å². The molecule has 0 spiro atoms. The molecule has 1 aliphatic heterocycles. The van der Waals surface area contributed by atoms with Crippen molar-refractivity contribution in [3.63, 3.8) is 0 Å². The van der Waals surface area contributed by atoms with Crippen LogP contribution in [0.1, 0.15) is 34.7 Å². The van der Waals surface area contributed by atoms with Crippen LogP contribution in [-0.2, 0) is 6.42 Å². The normalized spacial score (nSPS) is 17.0. The fraction of sp³-hybridized carbons (Fsp3) is 0.368. The summed E-state index contributed by atoms with van der Waals surface area (Å²) in [7, 11) is 0. The van der Waals surface area contributed by atoms with Crippen LogP contribution in [0.2, 0.25) is 0 Å². The van der Waals surface area contributed by atoms with Crippen molar-refractivity contribution in [1.82, 2.24) is 5.32 Å². The first-order chi connectivity index (χ1) is 10.6. The molecule has 0 fully saturated rings. The Bertz CT molecular complexity index is 651. The smallest absolute Gasteiger partial charge is 0.126 e. The summed E-state index contributed by atoms with van der Waals surface area (Å²) < 4.78 is 18.7. The molecule has 0 radical (unpaired) electrons. The number of nitrogens with one attached hydrogen (secondary N) is 1. The van der Waals surface area contributed by atoms with Crippen LogP contribution in [-0.4, -0.2) is 13.2 Å².